The monoisotopic (exact) mass is 418 g/mol. The van der Waals surface area contributed by atoms with E-state index in [9.17, 15) is 24.6 Å². The Balaban J connectivity index is 1.80. The normalized spacial score (nSPS) is 17.8. The maximum Gasteiger partial charge on any atom is 0.340 e. The summed E-state index contributed by atoms with van der Waals surface area (Å²) in [4.78, 5) is 35.6. The molecule has 0 aliphatic carbocycles. The van der Waals surface area contributed by atoms with E-state index in [2.05, 4.69) is 0 Å². The first-order valence-corrected chi connectivity index (χ1v) is 9.25. The fraction of sp³-hybridized carbons (Fsp3) is 0.0870. The number of carboxylic acid groups (broad SMARTS) is 1. The topological polar surface area (TPSA) is 119 Å². The molecule has 5 rings (SSSR count). The Kier molecular flexibility index (Phi) is 3.82. The van der Waals surface area contributed by atoms with Crippen molar-refractivity contribution >= 4 is 17.9 Å². The summed E-state index contributed by atoms with van der Waals surface area (Å²) in [5, 5.41) is 19.3. The van der Waals surface area contributed by atoms with E-state index in [1.807, 2.05) is 0 Å². The second-order valence-corrected chi connectivity index (χ2v) is 7.17. The first-order chi connectivity index (χ1) is 14.8. The number of aromatic carboxylic acids is 1. The first kappa shape index (κ1) is 18.7. The molecule has 154 valence electrons. The summed E-state index contributed by atoms with van der Waals surface area (Å²) >= 11 is 0. The Morgan fingerprint density at radius 1 is 0.935 bits per heavy atom. The minimum atomic E-state index is -1.42. The highest BCUT2D eigenvalue weighted by molar-refractivity contribution is 6.00. The molecule has 0 radical (unpaired) electrons. The number of hydrogen-bond donors (Lipinski definition) is 2. The molecule has 31 heavy (non-hydrogen) atoms. The lowest BCUT2D eigenvalue weighted by Gasteiger charge is -2.36. The number of hydrogen-bond acceptors (Lipinski definition) is 7. The zero-order valence-electron chi connectivity index (χ0n) is 16.0. The summed E-state index contributed by atoms with van der Waals surface area (Å²) in [6.07, 6.45) is 0. The number of carbonyl (C=O) groups is 3. The highest BCUT2D eigenvalue weighted by Gasteiger charge is 2.53. The second kappa shape index (κ2) is 6.33. The molecule has 1 unspecified atom stereocenters. The molecule has 0 aromatic heterocycles. The molecule has 1 atom stereocenters. The Morgan fingerprint density at radius 2 is 1.61 bits per heavy atom. The van der Waals surface area contributed by atoms with E-state index in [1.165, 1.54) is 43.3 Å². The van der Waals surface area contributed by atoms with Crippen LogP contribution < -0.4 is 9.47 Å². The van der Waals surface area contributed by atoms with Crippen molar-refractivity contribution in [3.8, 4) is 23.0 Å². The van der Waals surface area contributed by atoms with Gasteiger partial charge in [-0.2, -0.15) is 0 Å². The molecule has 2 aliphatic heterocycles. The van der Waals surface area contributed by atoms with E-state index in [4.69, 9.17) is 14.2 Å². The summed E-state index contributed by atoms with van der Waals surface area (Å²) in [7, 11) is 0. The summed E-state index contributed by atoms with van der Waals surface area (Å²) in [6.45, 7) is 1.27. The molecule has 2 aliphatic rings. The van der Waals surface area contributed by atoms with Crippen LogP contribution in [0.15, 0.2) is 54.6 Å². The fourth-order valence-electron chi connectivity index (χ4n) is 4.06. The highest BCUT2D eigenvalue weighted by Crippen LogP contribution is 2.57. The van der Waals surface area contributed by atoms with Crippen LogP contribution in [0.1, 0.15) is 44.3 Å². The molecule has 0 bridgehead atoms. The van der Waals surface area contributed by atoms with E-state index in [1.54, 1.807) is 18.2 Å². The lowest BCUT2D eigenvalue weighted by molar-refractivity contribution is -0.131. The second-order valence-electron chi connectivity index (χ2n) is 7.17. The van der Waals surface area contributed by atoms with Crippen LogP contribution in [0, 0.1) is 0 Å². The quantitative estimate of drug-likeness (QED) is 0.479. The zero-order chi connectivity index (χ0) is 21.9. The van der Waals surface area contributed by atoms with E-state index < -0.39 is 23.5 Å². The smallest absolute Gasteiger partial charge is 0.340 e. The molecule has 3 aromatic rings. The SMILES string of the molecule is CC(=O)Oc1ccc2c(c1)Oc1cc(O)ccc1C21OC(=O)c2cc(C(=O)O)ccc21. The third-order valence-corrected chi connectivity index (χ3v) is 5.27. The lowest BCUT2D eigenvalue weighted by atomic mass is 9.77. The molecular formula is C23H14O8. The first-order valence-electron chi connectivity index (χ1n) is 9.25. The van der Waals surface area contributed by atoms with Crippen LogP contribution in [0.5, 0.6) is 23.0 Å². The van der Waals surface area contributed by atoms with Crippen molar-refractivity contribution in [3.63, 3.8) is 0 Å². The number of fused-ring (bicyclic) bond motifs is 6. The van der Waals surface area contributed by atoms with Crippen LogP contribution in [0.4, 0.5) is 0 Å². The molecule has 0 amide bonds. The molecule has 0 saturated heterocycles. The van der Waals surface area contributed by atoms with E-state index in [0.29, 0.717) is 16.7 Å². The van der Waals surface area contributed by atoms with Crippen LogP contribution in [0.25, 0.3) is 0 Å². The lowest BCUT2D eigenvalue weighted by Crippen LogP contribution is -2.33. The molecule has 2 heterocycles. The van der Waals surface area contributed by atoms with Gasteiger partial charge in [-0.1, -0.05) is 6.07 Å². The minimum Gasteiger partial charge on any atom is -0.508 e. The van der Waals surface area contributed by atoms with Gasteiger partial charge in [-0.15, -0.1) is 0 Å². The van der Waals surface area contributed by atoms with Gasteiger partial charge in [0.05, 0.1) is 11.1 Å². The Morgan fingerprint density at radius 3 is 2.32 bits per heavy atom. The maximum absolute atomic E-state index is 12.8. The number of benzene rings is 3. The van der Waals surface area contributed by atoms with E-state index in [0.717, 1.165) is 0 Å². The van der Waals surface area contributed by atoms with Crippen LogP contribution >= 0.6 is 0 Å². The van der Waals surface area contributed by atoms with Gasteiger partial charge in [0.25, 0.3) is 0 Å². The summed E-state index contributed by atoms with van der Waals surface area (Å²) < 4.78 is 17.0. The van der Waals surface area contributed by atoms with E-state index in [-0.39, 0.29) is 34.1 Å². The number of carboxylic acids is 1. The highest BCUT2D eigenvalue weighted by atomic mass is 16.6. The number of phenols is 1. The van der Waals surface area contributed by atoms with Crippen LogP contribution in [0.2, 0.25) is 0 Å². The molecule has 0 fully saturated rings. The number of ether oxygens (including phenoxy) is 3. The predicted octanol–water partition coefficient (Wildman–Crippen LogP) is 3.58. The van der Waals surface area contributed by atoms with Gasteiger partial charge >= 0.3 is 17.9 Å². The third kappa shape index (κ3) is 2.65. The van der Waals surface area contributed by atoms with Gasteiger partial charge in [0, 0.05) is 35.7 Å². The zero-order valence-corrected chi connectivity index (χ0v) is 16.0. The van der Waals surface area contributed by atoms with Crippen molar-refractivity contribution in [2.75, 3.05) is 0 Å². The van der Waals surface area contributed by atoms with Gasteiger partial charge in [-0.05, 0) is 36.4 Å². The minimum absolute atomic E-state index is 0.0452. The van der Waals surface area contributed by atoms with Gasteiger partial charge < -0.3 is 24.4 Å². The summed E-state index contributed by atoms with van der Waals surface area (Å²) in [6, 6.07) is 13.3. The fourth-order valence-corrected chi connectivity index (χ4v) is 4.06. The number of carbonyl (C=O) groups excluding carboxylic acids is 2. The van der Waals surface area contributed by atoms with Crippen molar-refractivity contribution in [3.05, 3.63) is 82.4 Å². The maximum atomic E-state index is 12.8. The van der Waals surface area contributed by atoms with Gasteiger partial charge in [0.15, 0.2) is 5.60 Å². The summed E-state index contributed by atoms with van der Waals surface area (Å²) in [5.74, 6) is -1.68. The van der Waals surface area contributed by atoms with Crippen LogP contribution in [0.3, 0.4) is 0 Å². The molecule has 1 spiro atoms. The molecule has 2 N–H and O–H groups in total. The van der Waals surface area contributed by atoms with Crippen molar-refractivity contribution < 1.29 is 38.8 Å². The van der Waals surface area contributed by atoms with E-state index >= 15 is 0 Å². The Bertz CT molecular complexity index is 1310. The molecule has 8 nitrogen and oxygen atoms in total. The number of phenolic OH excluding ortho intramolecular Hbond substituents is 1. The molecule has 8 heteroatoms. The van der Waals surface area contributed by atoms with Crippen molar-refractivity contribution in [2.45, 2.75) is 12.5 Å². The average Bonchev–Trinajstić information content (AvgIpc) is 3.00. The Hall–Kier alpha value is -4.33. The number of rotatable bonds is 2. The van der Waals surface area contributed by atoms with Crippen molar-refractivity contribution in [1.82, 2.24) is 0 Å². The third-order valence-electron chi connectivity index (χ3n) is 5.27. The summed E-state index contributed by atoms with van der Waals surface area (Å²) in [5.41, 5.74) is 0.0330. The average molecular weight is 418 g/mol. The van der Waals surface area contributed by atoms with Crippen molar-refractivity contribution in [2.24, 2.45) is 0 Å². The largest absolute Gasteiger partial charge is 0.508 e. The number of aromatic hydroxyl groups is 1. The van der Waals surface area contributed by atoms with Crippen molar-refractivity contribution in [1.29, 1.82) is 0 Å². The van der Waals surface area contributed by atoms with Crippen LogP contribution in [-0.4, -0.2) is 28.1 Å². The van der Waals surface area contributed by atoms with Gasteiger partial charge in [-0.25, -0.2) is 9.59 Å². The van der Waals surface area contributed by atoms with Crippen LogP contribution in [-0.2, 0) is 15.1 Å². The molecule has 3 aromatic carbocycles. The number of esters is 2. The molecule has 0 saturated carbocycles. The molecular weight excluding hydrogens is 404 g/mol. The van der Waals surface area contributed by atoms with Gasteiger partial charge in [0.2, 0.25) is 0 Å². The van der Waals surface area contributed by atoms with Gasteiger partial charge in [0.1, 0.15) is 23.0 Å². The van der Waals surface area contributed by atoms with Gasteiger partial charge in [-0.3, -0.25) is 4.79 Å². The standard InChI is InChI=1S/C23H14O8/c1-11(24)29-14-4-7-18-20(10-14)30-19-9-13(25)3-6-17(19)23(18)16-5-2-12(21(26)27)8-15(16)22(28)31-23/h2-10,25H,1H3,(H,26,27). The predicted molar refractivity (Wildman–Crippen MR) is 105 cm³/mol. The Labute approximate surface area is 175 Å².